The first-order valence-corrected chi connectivity index (χ1v) is 8.50. The Morgan fingerprint density at radius 2 is 1.91 bits per heavy atom. The highest BCUT2D eigenvalue weighted by Gasteiger charge is 2.21. The molecular formula is C16H19FN4OS. The molecule has 0 saturated carbocycles. The van der Waals surface area contributed by atoms with Crippen molar-refractivity contribution in [3.05, 3.63) is 42.5 Å². The third kappa shape index (κ3) is 4.04. The topological polar surface area (TPSA) is 41.4 Å². The number of amides is 1. The molecule has 1 aromatic heterocycles. The van der Waals surface area contributed by atoms with E-state index in [-0.39, 0.29) is 11.7 Å². The average molecular weight is 334 g/mol. The highest BCUT2D eigenvalue weighted by molar-refractivity contribution is 8.00. The minimum atomic E-state index is -0.227. The Hall–Kier alpha value is -2.02. The van der Waals surface area contributed by atoms with Crippen molar-refractivity contribution in [2.75, 3.05) is 36.8 Å². The maximum Gasteiger partial charge on any atom is 0.233 e. The van der Waals surface area contributed by atoms with Gasteiger partial charge in [-0.1, -0.05) is 0 Å². The van der Waals surface area contributed by atoms with Crippen LogP contribution in [0, 0.1) is 5.82 Å². The summed E-state index contributed by atoms with van der Waals surface area (Å²) in [5.41, 5.74) is 1.00. The summed E-state index contributed by atoms with van der Waals surface area (Å²) in [6.07, 6.45) is 3.68. The van der Waals surface area contributed by atoms with Gasteiger partial charge in [0.1, 0.15) is 5.82 Å². The molecule has 7 heteroatoms. The Balaban J connectivity index is 1.48. The van der Waals surface area contributed by atoms with Gasteiger partial charge >= 0.3 is 0 Å². The van der Waals surface area contributed by atoms with Crippen molar-refractivity contribution in [2.24, 2.45) is 7.05 Å². The van der Waals surface area contributed by atoms with Crippen molar-refractivity contribution in [3.63, 3.8) is 0 Å². The van der Waals surface area contributed by atoms with Crippen LogP contribution < -0.4 is 4.90 Å². The quantitative estimate of drug-likeness (QED) is 0.802. The second-order valence-corrected chi connectivity index (χ2v) is 6.53. The normalized spacial score (nSPS) is 15.0. The molecule has 5 nitrogen and oxygen atoms in total. The van der Waals surface area contributed by atoms with Crippen LogP contribution in [-0.4, -0.2) is 52.5 Å². The number of piperazine rings is 1. The molecule has 0 radical (unpaired) electrons. The number of nitrogens with zero attached hydrogens (tertiary/aromatic N) is 4. The van der Waals surface area contributed by atoms with E-state index in [4.69, 9.17) is 0 Å². The van der Waals surface area contributed by atoms with E-state index in [1.54, 1.807) is 23.0 Å². The van der Waals surface area contributed by atoms with Crippen LogP contribution in [0.4, 0.5) is 10.1 Å². The van der Waals surface area contributed by atoms with Gasteiger partial charge in [-0.3, -0.25) is 9.48 Å². The lowest BCUT2D eigenvalue weighted by molar-refractivity contribution is -0.128. The van der Waals surface area contributed by atoms with Crippen molar-refractivity contribution >= 4 is 23.4 Å². The fraction of sp³-hybridized carbons (Fsp3) is 0.375. The van der Waals surface area contributed by atoms with E-state index in [0.717, 1.165) is 23.7 Å². The van der Waals surface area contributed by atoms with E-state index in [1.807, 2.05) is 18.1 Å². The fourth-order valence-electron chi connectivity index (χ4n) is 2.58. The summed E-state index contributed by atoms with van der Waals surface area (Å²) in [7, 11) is 1.86. The summed E-state index contributed by atoms with van der Waals surface area (Å²) in [5.74, 6) is 0.356. The van der Waals surface area contributed by atoms with E-state index in [2.05, 4.69) is 10.00 Å². The molecule has 0 atom stereocenters. The molecule has 0 unspecified atom stereocenters. The van der Waals surface area contributed by atoms with E-state index >= 15 is 0 Å². The zero-order valence-corrected chi connectivity index (χ0v) is 13.8. The number of hydrogen-bond donors (Lipinski definition) is 0. The lowest BCUT2D eigenvalue weighted by atomic mass is 10.2. The first-order chi connectivity index (χ1) is 11.1. The molecule has 1 saturated heterocycles. The van der Waals surface area contributed by atoms with Gasteiger partial charge in [0.2, 0.25) is 5.91 Å². The van der Waals surface area contributed by atoms with Gasteiger partial charge < -0.3 is 9.80 Å². The number of halogens is 1. The van der Waals surface area contributed by atoms with Crippen LogP contribution in [0.2, 0.25) is 0 Å². The molecule has 1 amide bonds. The Bertz CT molecular complexity index is 665. The number of anilines is 1. The number of aryl methyl sites for hydroxylation is 1. The molecule has 2 aromatic rings. The number of carbonyl (C=O) groups excluding carboxylic acids is 1. The van der Waals surface area contributed by atoms with Gasteiger partial charge in [-0.25, -0.2) is 4.39 Å². The summed E-state index contributed by atoms with van der Waals surface area (Å²) in [6.45, 7) is 2.94. The lowest BCUT2D eigenvalue weighted by Gasteiger charge is -2.36. The van der Waals surface area contributed by atoms with Crippen molar-refractivity contribution in [2.45, 2.75) is 4.90 Å². The summed E-state index contributed by atoms with van der Waals surface area (Å²) >= 11 is 1.51. The molecule has 1 fully saturated rings. The second kappa shape index (κ2) is 7.04. The summed E-state index contributed by atoms with van der Waals surface area (Å²) in [4.78, 5) is 17.4. The number of benzene rings is 1. The Morgan fingerprint density at radius 1 is 1.22 bits per heavy atom. The van der Waals surface area contributed by atoms with Gasteiger partial charge in [0.15, 0.2) is 0 Å². The first-order valence-electron chi connectivity index (χ1n) is 7.51. The monoisotopic (exact) mass is 334 g/mol. The van der Waals surface area contributed by atoms with Crippen molar-refractivity contribution in [3.8, 4) is 0 Å². The summed E-state index contributed by atoms with van der Waals surface area (Å²) < 4.78 is 14.7. The molecule has 122 valence electrons. The summed E-state index contributed by atoms with van der Waals surface area (Å²) in [6, 6.07) is 6.50. The molecule has 0 aliphatic carbocycles. The number of aromatic nitrogens is 2. The van der Waals surface area contributed by atoms with Crippen LogP contribution in [0.5, 0.6) is 0 Å². The Morgan fingerprint density at radius 3 is 2.52 bits per heavy atom. The number of rotatable bonds is 4. The summed E-state index contributed by atoms with van der Waals surface area (Å²) in [5, 5.41) is 4.09. The molecule has 0 spiro atoms. The van der Waals surface area contributed by atoms with Gasteiger partial charge in [-0.05, 0) is 24.3 Å². The van der Waals surface area contributed by atoms with Crippen molar-refractivity contribution in [1.29, 1.82) is 0 Å². The van der Waals surface area contributed by atoms with Gasteiger partial charge in [-0.2, -0.15) is 5.10 Å². The molecule has 2 heterocycles. The number of thioether (sulfide) groups is 1. The van der Waals surface area contributed by atoms with Crippen LogP contribution in [0.25, 0.3) is 0 Å². The van der Waals surface area contributed by atoms with E-state index < -0.39 is 0 Å². The van der Waals surface area contributed by atoms with Crippen LogP contribution in [0.1, 0.15) is 0 Å². The molecule has 1 aliphatic rings. The molecule has 23 heavy (non-hydrogen) atoms. The van der Waals surface area contributed by atoms with Gasteiger partial charge in [-0.15, -0.1) is 11.8 Å². The van der Waals surface area contributed by atoms with Gasteiger partial charge in [0.25, 0.3) is 0 Å². The third-order valence-electron chi connectivity index (χ3n) is 3.87. The van der Waals surface area contributed by atoms with Crippen LogP contribution in [-0.2, 0) is 11.8 Å². The highest BCUT2D eigenvalue weighted by Crippen LogP contribution is 2.19. The molecule has 0 N–H and O–H groups in total. The van der Waals surface area contributed by atoms with Crippen LogP contribution in [0.15, 0.2) is 41.6 Å². The first kappa shape index (κ1) is 15.9. The predicted octanol–water partition coefficient (Wildman–Crippen LogP) is 2.00. The minimum Gasteiger partial charge on any atom is -0.368 e. The van der Waals surface area contributed by atoms with E-state index in [9.17, 15) is 9.18 Å². The van der Waals surface area contributed by atoms with Crippen molar-refractivity contribution in [1.82, 2.24) is 14.7 Å². The number of carbonyl (C=O) groups is 1. The maximum absolute atomic E-state index is 13.0. The largest absolute Gasteiger partial charge is 0.368 e. The molecular weight excluding hydrogens is 315 g/mol. The smallest absolute Gasteiger partial charge is 0.233 e. The molecule has 0 bridgehead atoms. The van der Waals surface area contributed by atoms with Crippen LogP contribution in [0.3, 0.4) is 0 Å². The van der Waals surface area contributed by atoms with E-state index in [0.29, 0.717) is 18.8 Å². The third-order valence-corrected chi connectivity index (χ3v) is 4.80. The SMILES string of the molecule is Cn1cc(SCC(=O)N2CCN(c3ccc(F)cc3)CC2)cn1. The van der Waals surface area contributed by atoms with Gasteiger partial charge in [0, 0.05) is 50.0 Å². The zero-order valence-electron chi connectivity index (χ0n) is 13.0. The molecule has 1 aromatic carbocycles. The highest BCUT2D eigenvalue weighted by atomic mass is 32.2. The predicted molar refractivity (Wildman–Crippen MR) is 89.1 cm³/mol. The standard InChI is InChI=1S/C16H19FN4OS/c1-19-11-15(10-18-19)23-12-16(22)21-8-6-20(7-9-21)14-4-2-13(17)3-5-14/h2-5,10-11H,6-9,12H2,1H3. The fourth-order valence-corrected chi connectivity index (χ4v) is 3.40. The number of hydrogen-bond acceptors (Lipinski definition) is 4. The Kier molecular flexibility index (Phi) is 4.85. The molecule has 3 rings (SSSR count). The lowest BCUT2D eigenvalue weighted by Crippen LogP contribution is -2.49. The minimum absolute atomic E-state index is 0.151. The van der Waals surface area contributed by atoms with E-state index in [1.165, 1.54) is 23.9 Å². The maximum atomic E-state index is 13.0. The van der Waals surface area contributed by atoms with Crippen molar-refractivity contribution < 1.29 is 9.18 Å². The molecule has 1 aliphatic heterocycles. The zero-order chi connectivity index (χ0) is 16.2. The van der Waals surface area contributed by atoms with Crippen LogP contribution >= 0.6 is 11.8 Å². The van der Waals surface area contributed by atoms with Gasteiger partial charge in [0.05, 0.1) is 11.9 Å². The average Bonchev–Trinajstić information content (AvgIpc) is 2.99. The second-order valence-electron chi connectivity index (χ2n) is 5.48. The Labute approximate surface area is 139 Å².